The van der Waals surface area contributed by atoms with Crippen molar-refractivity contribution in [2.45, 2.75) is 37.7 Å². The summed E-state index contributed by atoms with van der Waals surface area (Å²) in [5, 5.41) is 0. The van der Waals surface area contributed by atoms with Crippen molar-refractivity contribution < 1.29 is 14.3 Å². The van der Waals surface area contributed by atoms with Crippen LogP contribution in [0.25, 0.3) is 0 Å². The number of hydrogen-bond acceptors (Lipinski definition) is 3. The number of imide groups is 1. The Morgan fingerprint density at radius 1 is 0.938 bits per heavy atom. The van der Waals surface area contributed by atoms with Gasteiger partial charge in [-0.25, -0.2) is 9.69 Å². The third-order valence-electron chi connectivity index (χ3n) is 5.78. The van der Waals surface area contributed by atoms with Gasteiger partial charge in [-0.05, 0) is 43.5 Å². The van der Waals surface area contributed by atoms with E-state index in [-0.39, 0.29) is 5.91 Å². The van der Waals surface area contributed by atoms with Gasteiger partial charge in [-0.2, -0.15) is 0 Å². The van der Waals surface area contributed by atoms with Crippen LogP contribution in [0.15, 0.2) is 97.6 Å². The average Bonchev–Trinajstić information content (AvgIpc) is 3.04. The molecule has 0 saturated carbocycles. The second-order valence-corrected chi connectivity index (χ2v) is 8.94. The van der Waals surface area contributed by atoms with E-state index in [9.17, 15) is 9.59 Å². The Balaban J connectivity index is 2.01. The molecule has 0 N–H and O–H groups in total. The monoisotopic (exact) mass is 425 g/mol. The summed E-state index contributed by atoms with van der Waals surface area (Å²) < 4.78 is 5.64. The van der Waals surface area contributed by atoms with Gasteiger partial charge in [0.05, 0.1) is 5.69 Å². The predicted octanol–water partition coefficient (Wildman–Crippen LogP) is 6.22. The summed E-state index contributed by atoms with van der Waals surface area (Å²) in [4.78, 5) is 28.8. The van der Waals surface area contributed by atoms with Gasteiger partial charge in [-0.1, -0.05) is 84.9 Å². The van der Waals surface area contributed by atoms with Crippen LogP contribution in [-0.2, 0) is 14.9 Å². The minimum Gasteiger partial charge on any atom is -0.443 e. The zero-order valence-electron chi connectivity index (χ0n) is 18.6. The highest BCUT2D eigenvalue weighted by molar-refractivity contribution is 6.23. The molecule has 2 amide bonds. The number of amides is 2. The minimum atomic E-state index is -1.15. The molecule has 4 rings (SSSR count). The van der Waals surface area contributed by atoms with Crippen molar-refractivity contribution in [3.63, 3.8) is 0 Å². The van der Waals surface area contributed by atoms with Crippen LogP contribution in [0, 0.1) is 0 Å². The maximum Gasteiger partial charge on any atom is 0.421 e. The van der Waals surface area contributed by atoms with Crippen molar-refractivity contribution in [1.29, 1.82) is 0 Å². The second kappa shape index (κ2) is 8.12. The molecular formula is C28H27NO3. The molecule has 4 heteroatoms. The van der Waals surface area contributed by atoms with E-state index in [0.29, 0.717) is 5.69 Å². The van der Waals surface area contributed by atoms with Gasteiger partial charge in [0.1, 0.15) is 11.0 Å². The molecular weight excluding hydrogens is 398 g/mol. The lowest BCUT2D eigenvalue weighted by atomic mass is 9.64. The molecule has 2 unspecified atom stereocenters. The van der Waals surface area contributed by atoms with Gasteiger partial charge < -0.3 is 4.74 Å². The first-order valence-electron chi connectivity index (χ1n) is 10.7. The first kappa shape index (κ1) is 21.6. The van der Waals surface area contributed by atoms with E-state index in [1.54, 1.807) is 32.9 Å². The van der Waals surface area contributed by atoms with E-state index in [2.05, 4.69) is 6.58 Å². The van der Waals surface area contributed by atoms with Crippen LogP contribution in [0.4, 0.5) is 10.5 Å². The van der Waals surface area contributed by atoms with Crippen molar-refractivity contribution in [2.75, 3.05) is 4.90 Å². The molecule has 4 nitrogen and oxygen atoms in total. The van der Waals surface area contributed by atoms with E-state index >= 15 is 0 Å². The molecule has 0 spiro atoms. The van der Waals surface area contributed by atoms with Crippen molar-refractivity contribution in [1.82, 2.24) is 0 Å². The summed E-state index contributed by atoms with van der Waals surface area (Å²) in [5.74, 6) is -0.736. The van der Waals surface area contributed by atoms with E-state index in [0.717, 1.165) is 16.7 Å². The number of allylic oxidation sites excluding steroid dienone is 1. The summed E-state index contributed by atoms with van der Waals surface area (Å²) in [5.41, 5.74) is 1.16. The lowest BCUT2D eigenvalue weighted by Crippen LogP contribution is -2.48. The van der Waals surface area contributed by atoms with Crippen LogP contribution in [-0.4, -0.2) is 17.6 Å². The number of rotatable bonds is 4. The molecule has 32 heavy (non-hydrogen) atoms. The van der Waals surface area contributed by atoms with Crippen LogP contribution in [0.3, 0.4) is 0 Å². The quantitative estimate of drug-likeness (QED) is 0.466. The Kier molecular flexibility index (Phi) is 5.47. The van der Waals surface area contributed by atoms with Gasteiger partial charge in [0, 0.05) is 5.92 Å². The lowest BCUT2D eigenvalue weighted by Gasteiger charge is -2.36. The van der Waals surface area contributed by atoms with Crippen LogP contribution in [0.1, 0.15) is 43.4 Å². The Labute approximate surface area is 189 Å². The largest absolute Gasteiger partial charge is 0.443 e. The highest BCUT2D eigenvalue weighted by Crippen LogP contribution is 2.54. The molecule has 1 heterocycles. The van der Waals surface area contributed by atoms with Crippen molar-refractivity contribution in [2.24, 2.45) is 0 Å². The van der Waals surface area contributed by atoms with Gasteiger partial charge >= 0.3 is 6.09 Å². The fourth-order valence-electron chi connectivity index (χ4n) is 4.58. The molecule has 1 aliphatic rings. The standard InChI is InChI=1S/C28H27NO3/c1-5-22(20-14-8-6-9-15-20)28(21-16-10-7-11-17-21)23-18-12-13-19-24(23)29(25(28)30)26(31)32-27(2,3)4/h5-19,22H,1H2,2-4H3. The minimum absolute atomic E-state index is 0.340. The van der Waals surface area contributed by atoms with Gasteiger partial charge in [-0.3, -0.25) is 4.79 Å². The summed E-state index contributed by atoms with van der Waals surface area (Å²) >= 11 is 0. The van der Waals surface area contributed by atoms with E-state index < -0.39 is 23.0 Å². The first-order chi connectivity index (χ1) is 15.3. The Morgan fingerprint density at radius 2 is 1.50 bits per heavy atom. The third kappa shape index (κ3) is 3.42. The van der Waals surface area contributed by atoms with Gasteiger partial charge in [0.2, 0.25) is 0 Å². The smallest absolute Gasteiger partial charge is 0.421 e. The number of fused-ring (bicyclic) bond motifs is 1. The molecule has 0 radical (unpaired) electrons. The van der Waals surface area contributed by atoms with Crippen LogP contribution in [0.2, 0.25) is 0 Å². The Hall–Kier alpha value is -3.66. The van der Waals surface area contributed by atoms with E-state index in [1.165, 1.54) is 4.90 Å². The summed E-state index contributed by atoms with van der Waals surface area (Å²) in [7, 11) is 0. The van der Waals surface area contributed by atoms with E-state index in [4.69, 9.17) is 4.74 Å². The number of carbonyl (C=O) groups is 2. The zero-order chi connectivity index (χ0) is 22.9. The Morgan fingerprint density at radius 3 is 2.09 bits per heavy atom. The number of para-hydroxylation sites is 1. The maximum absolute atomic E-state index is 14.4. The van der Waals surface area contributed by atoms with Crippen LogP contribution in [0.5, 0.6) is 0 Å². The zero-order valence-corrected chi connectivity index (χ0v) is 18.6. The Bertz CT molecular complexity index is 1150. The second-order valence-electron chi connectivity index (χ2n) is 8.94. The molecule has 0 bridgehead atoms. The summed E-state index contributed by atoms with van der Waals surface area (Å²) in [6.45, 7) is 9.47. The van der Waals surface area contributed by atoms with Crippen molar-refractivity contribution in [3.05, 3.63) is 114 Å². The molecule has 2 atom stereocenters. The third-order valence-corrected chi connectivity index (χ3v) is 5.78. The highest BCUT2D eigenvalue weighted by atomic mass is 16.6. The number of carbonyl (C=O) groups excluding carboxylic acids is 2. The average molecular weight is 426 g/mol. The number of benzene rings is 3. The van der Waals surface area contributed by atoms with Crippen molar-refractivity contribution in [3.8, 4) is 0 Å². The molecule has 162 valence electrons. The molecule has 0 saturated heterocycles. The van der Waals surface area contributed by atoms with Crippen LogP contribution >= 0.6 is 0 Å². The number of ether oxygens (including phenoxy) is 1. The molecule has 3 aromatic carbocycles. The molecule has 0 fully saturated rings. The maximum atomic E-state index is 14.4. The number of hydrogen-bond donors (Lipinski definition) is 0. The predicted molar refractivity (Wildman–Crippen MR) is 127 cm³/mol. The first-order valence-corrected chi connectivity index (χ1v) is 10.7. The molecule has 0 aromatic heterocycles. The SMILES string of the molecule is C=CC(c1ccccc1)C1(c2ccccc2)C(=O)N(C(=O)OC(C)(C)C)c2ccccc21. The summed E-state index contributed by atoms with van der Waals surface area (Å²) in [6.07, 6.45) is 1.12. The van der Waals surface area contributed by atoms with E-state index in [1.807, 2.05) is 78.9 Å². The fourth-order valence-corrected chi connectivity index (χ4v) is 4.58. The topological polar surface area (TPSA) is 46.6 Å². The highest BCUT2D eigenvalue weighted by Gasteiger charge is 2.58. The summed E-state index contributed by atoms with van der Waals surface area (Å²) in [6, 6.07) is 26.9. The molecule has 0 aliphatic carbocycles. The number of nitrogens with zero attached hydrogens (tertiary/aromatic N) is 1. The normalized spacial score (nSPS) is 18.7. The fraction of sp³-hybridized carbons (Fsp3) is 0.214. The van der Waals surface area contributed by atoms with Gasteiger partial charge in [0.15, 0.2) is 0 Å². The molecule has 3 aromatic rings. The van der Waals surface area contributed by atoms with Gasteiger partial charge in [0.25, 0.3) is 5.91 Å². The molecule has 1 aliphatic heterocycles. The lowest BCUT2D eigenvalue weighted by molar-refractivity contribution is -0.122. The van der Waals surface area contributed by atoms with Gasteiger partial charge in [-0.15, -0.1) is 6.58 Å². The number of anilines is 1. The van der Waals surface area contributed by atoms with Crippen LogP contribution < -0.4 is 4.90 Å². The van der Waals surface area contributed by atoms with Crippen molar-refractivity contribution >= 4 is 17.7 Å².